The SMILES string of the molecule is CC1=C(c2ccccc2C)CCC=C1.Cc1ccc(-c2c3ccccc3c(-c3ccc4c(c3)C3=C(CCc5ccccc53)C4(C)C)c3ccccc23)cc1. The van der Waals surface area contributed by atoms with Gasteiger partial charge < -0.3 is 0 Å². The van der Waals surface area contributed by atoms with Gasteiger partial charge in [0.15, 0.2) is 0 Å². The number of hydrogen-bond donors (Lipinski definition) is 0. The monoisotopic (exact) mass is 696 g/mol. The van der Waals surface area contributed by atoms with E-state index in [2.05, 4.69) is 186 Å². The molecule has 0 unspecified atom stereocenters. The van der Waals surface area contributed by atoms with E-state index in [0.717, 1.165) is 12.8 Å². The van der Waals surface area contributed by atoms with Gasteiger partial charge in [0, 0.05) is 5.41 Å². The lowest BCUT2D eigenvalue weighted by molar-refractivity contribution is 0.604. The number of aryl methyl sites for hydroxylation is 3. The Morgan fingerprint density at radius 2 is 1.07 bits per heavy atom. The van der Waals surface area contributed by atoms with Crippen molar-refractivity contribution in [2.24, 2.45) is 0 Å². The van der Waals surface area contributed by atoms with Crippen molar-refractivity contribution >= 4 is 32.7 Å². The molecule has 0 atom stereocenters. The Bertz CT molecular complexity index is 2630. The molecule has 264 valence electrons. The Labute approximate surface area is 321 Å². The molecule has 54 heavy (non-hydrogen) atoms. The van der Waals surface area contributed by atoms with Crippen LogP contribution in [0.3, 0.4) is 0 Å². The summed E-state index contributed by atoms with van der Waals surface area (Å²) in [5.74, 6) is 0. The fraction of sp³-hybridized carbons (Fsp3) is 0.185. The van der Waals surface area contributed by atoms with Gasteiger partial charge >= 0.3 is 0 Å². The highest BCUT2D eigenvalue weighted by Gasteiger charge is 2.40. The molecule has 0 saturated heterocycles. The Morgan fingerprint density at radius 3 is 1.72 bits per heavy atom. The van der Waals surface area contributed by atoms with Gasteiger partial charge in [0.1, 0.15) is 0 Å². The molecule has 0 N–H and O–H groups in total. The van der Waals surface area contributed by atoms with E-state index in [4.69, 9.17) is 0 Å². The van der Waals surface area contributed by atoms with Crippen molar-refractivity contribution in [1.29, 1.82) is 0 Å². The molecule has 7 aromatic rings. The third-order valence-corrected chi connectivity index (χ3v) is 12.4. The molecule has 0 heterocycles. The molecule has 0 nitrogen and oxygen atoms in total. The van der Waals surface area contributed by atoms with Crippen molar-refractivity contribution in [2.45, 2.75) is 65.7 Å². The first-order valence-corrected chi connectivity index (χ1v) is 19.7. The highest BCUT2D eigenvalue weighted by molar-refractivity contribution is 6.21. The Morgan fingerprint density at radius 1 is 0.500 bits per heavy atom. The minimum Gasteiger partial charge on any atom is -0.0839 e. The van der Waals surface area contributed by atoms with Crippen molar-refractivity contribution in [3.63, 3.8) is 0 Å². The second-order valence-electron chi connectivity index (χ2n) is 16.0. The molecule has 3 aliphatic carbocycles. The number of rotatable bonds is 3. The molecule has 0 saturated carbocycles. The molecule has 0 fully saturated rings. The van der Waals surface area contributed by atoms with Crippen LogP contribution in [0.25, 0.3) is 54.9 Å². The van der Waals surface area contributed by atoms with Gasteiger partial charge in [0.05, 0.1) is 0 Å². The molecular weight excluding hydrogens is 649 g/mol. The molecule has 0 radical (unpaired) electrons. The molecule has 10 rings (SSSR count). The Balaban J connectivity index is 0.000000231. The zero-order valence-corrected chi connectivity index (χ0v) is 32.3. The van der Waals surface area contributed by atoms with Crippen LogP contribution >= 0.6 is 0 Å². The standard InChI is InChI=1S/C40H32.C14H16/c1-25-16-18-27(19-17-25)37-30-12-6-8-14-32(30)38(33-15-9-7-13-31(33)37)28-21-22-35-34(24-28)39-29-11-5-4-10-26(29)20-23-36(39)40(35,2)3;1-11-7-3-5-9-13(11)14-10-6-4-8-12(14)2/h4-19,21-22,24H,20,23H2,1-3H3;3-5,7-9H,6,10H2,1-2H3. The number of allylic oxidation sites excluding steroid dienone is 5. The lowest BCUT2D eigenvalue weighted by Gasteiger charge is -2.27. The molecule has 0 bridgehead atoms. The van der Waals surface area contributed by atoms with Crippen molar-refractivity contribution in [3.05, 3.63) is 202 Å². The van der Waals surface area contributed by atoms with Gasteiger partial charge in [0.2, 0.25) is 0 Å². The van der Waals surface area contributed by atoms with E-state index in [1.54, 1.807) is 5.57 Å². The van der Waals surface area contributed by atoms with Crippen molar-refractivity contribution in [3.8, 4) is 22.3 Å². The summed E-state index contributed by atoms with van der Waals surface area (Å²) in [6.07, 6.45) is 9.14. The zero-order valence-electron chi connectivity index (χ0n) is 32.3. The second kappa shape index (κ2) is 13.6. The van der Waals surface area contributed by atoms with Crippen LogP contribution in [0.5, 0.6) is 0 Å². The smallest absolute Gasteiger partial charge is 0.0121 e. The van der Waals surface area contributed by atoms with E-state index in [-0.39, 0.29) is 5.41 Å². The van der Waals surface area contributed by atoms with Crippen LogP contribution in [-0.2, 0) is 11.8 Å². The molecule has 0 aromatic heterocycles. The van der Waals surface area contributed by atoms with E-state index in [0.29, 0.717) is 0 Å². The quantitative estimate of drug-likeness (QED) is 0.161. The van der Waals surface area contributed by atoms with Crippen molar-refractivity contribution in [2.75, 3.05) is 0 Å². The second-order valence-corrected chi connectivity index (χ2v) is 16.0. The number of benzene rings is 7. The van der Waals surface area contributed by atoms with Crippen LogP contribution in [-0.4, -0.2) is 0 Å². The fourth-order valence-electron chi connectivity index (χ4n) is 9.59. The van der Waals surface area contributed by atoms with Crippen LogP contribution in [0.15, 0.2) is 163 Å². The summed E-state index contributed by atoms with van der Waals surface area (Å²) in [5.41, 5.74) is 21.2. The molecular formula is C54H48. The van der Waals surface area contributed by atoms with E-state index in [9.17, 15) is 0 Å². The summed E-state index contributed by atoms with van der Waals surface area (Å²) >= 11 is 0. The minimum absolute atomic E-state index is 0.0517. The first-order chi connectivity index (χ1) is 26.3. The van der Waals surface area contributed by atoms with Gasteiger partial charge in [-0.2, -0.15) is 0 Å². The van der Waals surface area contributed by atoms with Crippen molar-refractivity contribution < 1.29 is 0 Å². The van der Waals surface area contributed by atoms with Gasteiger partial charge in [0.25, 0.3) is 0 Å². The molecule has 7 aromatic carbocycles. The summed E-state index contributed by atoms with van der Waals surface area (Å²) < 4.78 is 0. The molecule has 0 aliphatic heterocycles. The predicted octanol–water partition coefficient (Wildman–Crippen LogP) is 14.8. The van der Waals surface area contributed by atoms with E-state index in [1.807, 2.05) is 0 Å². The Kier molecular flexibility index (Phi) is 8.58. The van der Waals surface area contributed by atoms with Crippen LogP contribution in [0.4, 0.5) is 0 Å². The first-order valence-electron chi connectivity index (χ1n) is 19.7. The molecule has 0 amide bonds. The van der Waals surface area contributed by atoms with Crippen LogP contribution in [0.1, 0.15) is 79.0 Å². The lowest BCUT2D eigenvalue weighted by atomic mass is 9.76. The van der Waals surface area contributed by atoms with Gasteiger partial charge in [-0.15, -0.1) is 0 Å². The third kappa shape index (κ3) is 5.68. The summed E-state index contributed by atoms with van der Waals surface area (Å²) in [6, 6.07) is 52.0. The van der Waals surface area contributed by atoms with E-state index < -0.39 is 0 Å². The minimum atomic E-state index is 0.0517. The first kappa shape index (κ1) is 34.1. The maximum absolute atomic E-state index is 2.50. The highest BCUT2D eigenvalue weighted by atomic mass is 14.4. The summed E-state index contributed by atoms with van der Waals surface area (Å²) in [6.45, 7) is 11.4. The summed E-state index contributed by atoms with van der Waals surface area (Å²) in [5, 5.41) is 5.24. The Hall–Kier alpha value is -5.72. The van der Waals surface area contributed by atoms with Crippen LogP contribution in [0, 0.1) is 13.8 Å². The van der Waals surface area contributed by atoms with E-state index in [1.165, 1.54) is 112 Å². The van der Waals surface area contributed by atoms with Crippen LogP contribution in [0.2, 0.25) is 0 Å². The maximum Gasteiger partial charge on any atom is 0.0121 e. The average Bonchev–Trinajstić information content (AvgIpc) is 3.43. The summed E-state index contributed by atoms with van der Waals surface area (Å²) in [7, 11) is 0. The predicted molar refractivity (Wildman–Crippen MR) is 233 cm³/mol. The largest absolute Gasteiger partial charge is 0.0839 e. The molecule has 3 aliphatic rings. The summed E-state index contributed by atoms with van der Waals surface area (Å²) in [4.78, 5) is 0. The van der Waals surface area contributed by atoms with Gasteiger partial charge in [-0.3, -0.25) is 0 Å². The van der Waals surface area contributed by atoms with Crippen molar-refractivity contribution in [1.82, 2.24) is 0 Å². The van der Waals surface area contributed by atoms with Gasteiger partial charge in [-0.05, 0) is 146 Å². The third-order valence-electron chi connectivity index (χ3n) is 12.4. The average molecular weight is 697 g/mol. The number of hydrogen-bond acceptors (Lipinski definition) is 0. The van der Waals surface area contributed by atoms with Gasteiger partial charge in [-0.1, -0.05) is 171 Å². The zero-order chi connectivity index (χ0) is 37.0. The number of fused-ring (bicyclic) bond motifs is 6. The molecule has 0 heteroatoms. The highest BCUT2D eigenvalue weighted by Crippen LogP contribution is 2.54. The maximum atomic E-state index is 2.50. The topological polar surface area (TPSA) is 0 Å². The van der Waals surface area contributed by atoms with Crippen LogP contribution < -0.4 is 0 Å². The lowest BCUT2D eigenvalue weighted by Crippen LogP contribution is -2.19. The normalized spacial score (nSPS) is 15.5. The van der Waals surface area contributed by atoms with E-state index >= 15 is 0 Å². The fourth-order valence-corrected chi connectivity index (χ4v) is 9.59. The van der Waals surface area contributed by atoms with Gasteiger partial charge in [-0.25, -0.2) is 0 Å². The molecule has 0 spiro atoms.